The highest BCUT2D eigenvalue weighted by Crippen LogP contribution is 2.39. The van der Waals surface area contributed by atoms with E-state index >= 15 is 0 Å². The first-order valence-corrected chi connectivity index (χ1v) is 6.70. The second-order valence-electron chi connectivity index (χ2n) is 4.65. The van der Waals surface area contributed by atoms with E-state index in [2.05, 4.69) is 0 Å². The maximum absolute atomic E-state index is 11.3. The Kier molecular flexibility index (Phi) is 3.28. The van der Waals surface area contributed by atoms with Gasteiger partial charge < -0.3 is 10.2 Å². The molecule has 0 aliphatic rings. The predicted molar refractivity (Wildman–Crippen MR) is 83.0 cm³/mol. The summed E-state index contributed by atoms with van der Waals surface area (Å²) in [5, 5.41) is 21.2. The Morgan fingerprint density at radius 2 is 1.52 bits per heavy atom. The van der Waals surface area contributed by atoms with Gasteiger partial charge in [0.25, 0.3) is 0 Å². The molecule has 3 nitrogen and oxygen atoms in total. The lowest BCUT2D eigenvalue weighted by atomic mass is 9.94. The van der Waals surface area contributed by atoms with Crippen LogP contribution in [0.4, 0.5) is 0 Å². The molecule has 21 heavy (non-hydrogen) atoms. The summed E-state index contributed by atoms with van der Waals surface area (Å²) in [4.78, 5) is 11.3. The first-order valence-electron chi connectivity index (χ1n) is 6.32. The van der Waals surface area contributed by atoms with Crippen molar-refractivity contribution < 1.29 is 15.0 Å². The van der Waals surface area contributed by atoms with Gasteiger partial charge in [0.05, 0.1) is 0 Å². The van der Waals surface area contributed by atoms with Gasteiger partial charge in [0.2, 0.25) is 0 Å². The molecule has 3 rings (SSSR count). The lowest BCUT2D eigenvalue weighted by Gasteiger charge is -2.12. The second kappa shape index (κ2) is 5.11. The van der Waals surface area contributed by atoms with Gasteiger partial charge in [-0.2, -0.15) is 0 Å². The van der Waals surface area contributed by atoms with E-state index < -0.39 is 5.97 Å². The summed E-state index contributed by atoms with van der Waals surface area (Å²) < 4.78 is 0. The molecule has 0 spiro atoms. The summed E-state index contributed by atoms with van der Waals surface area (Å²) in [6.45, 7) is 0. The lowest BCUT2D eigenvalue weighted by molar-refractivity contribution is 0.0694. The van der Waals surface area contributed by atoms with Crippen LogP contribution in [0.1, 0.15) is 10.4 Å². The van der Waals surface area contributed by atoms with Gasteiger partial charge in [-0.1, -0.05) is 54.1 Å². The van der Waals surface area contributed by atoms with Crippen LogP contribution in [0.2, 0.25) is 5.02 Å². The highest BCUT2D eigenvalue weighted by molar-refractivity contribution is 6.33. The van der Waals surface area contributed by atoms with Crippen molar-refractivity contribution >= 4 is 28.3 Å². The van der Waals surface area contributed by atoms with E-state index in [1.807, 2.05) is 30.3 Å². The Balaban J connectivity index is 2.45. The van der Waals surface area contributed by atoms with Crippen LogP contribution in [0.15, 0.2) is 54.6 Å². The van der Waals surface area contributed by atoms with Crippen molar-refractivity contribution in [1.82, 2.24) is 0 Å². The molecule has 0 atom stereocenters. The van der Waals surface area contributed by atoms with Crippen LogP contribution >= 0.6 is 11.6 Å². The smallest absolute Gasteiger partial charge is 0.339 e. The number of rotatable bonds is 2. The number of carboxylic acids is 1. The van der Waals surface area contributed by atoms with Crippen LogP contribution in [0.5, 0.6) is 5.75 Å². The average Bonchev–Trinajstić information content (AvgIpc) is 2.48. The number of aromatic hydroxyl groups is 1. The minimum Gasteiger partial charge on any atom is -0.506 e. The third-order valence-electron chi connectivity index (χ3n) is 3.41. The number of hydrogen-bond donors (Lipinski definition) is 2. The van der Waals surface area contributed by atoms with Gasteiger partial charge in [-0.15, -0.1) is 0 Å². The molecule has 104 valence electrons. The molecule has 0 heterocycles. The van der Waals surface area contributed by atoms with Gasteiger partial charge in [0.15, 0.2) is 0 Å². The van der Waals surface area contributed by atoms with E-state index in [-0.39, 0.29) is 11.3 Å². The van der Waals surface area contributed by atoms with Crippen LogP contribution in [0.3, 0.4) is 0 Å². The van der Waals surface area contributed by atoms with E-state index in [1.165, 1.54) is 6.07 Å². The highest BCUT2D eigenvalue weighted by atomic mass is 35.5. The summed E-state index contributed by atoms with van der Waals surface area (Å²) in [7, 11) is 0. The number of fused-ring (bicyclic) bond motifs is 1. The second-order valence-corrected chi connectivity index (χ2v) is 5.06. The molecule has 0 radical (unpaired) electrons. The first-order chi connectivity index (χ1) is 10.1. The maximum Gasteiger partial charge on any atom is 0.339 e. The predicted octanol–water partition coefficient (Wildman–Crippen LogP) is 4.56. The quantitative estimate of drug-likeness (QED) is 0.729. The van der Waals surface area contributed by atoms with Crippen LogP contribution < -0.4 is 0 Å². The molecule has 4 heteroatoms. The van der Waals surface area contributed by atoms with Crippen LogP contribution in [-0.4, -0.2) is 16.2 Å². The van der Waals surface area contributed by atoms with Gasteiger partial charge in [-0.05, 0) is 23.1 Å². The molecule has 0 aliphatic carbocycles. The van der Waals surface area contributed by atoms with Crippen molar-refractivity contribution in [3.05, 3.63) is 65.2 Å². The molecule has 3 aromatic rings. The van der Waals surface area contributed by atoms with Crippen molar-refractivity contribution in [3.63, 3.8) is 0 Å². The summed E-state index contributed by atoms with van der Waals surface area (Å²) in [5.74, 6) is -1.40. The fourth-order valence-electron chi connectivity index (χ4n) is 2.43. The van der Waals surface area contributed by atoms with Crippen molar-refractivity contribution in [2.75, 3.05) is 0 Å². The van der Waals surface area contributed by atoms with E-state index in [1.54, 1.807) is 18.2 Å². The maximum atomic E-state index is 11.3. The molecular formula is C17H11ClO3. The number of hydrogen-bond acceptors (Lipinski definition) is 2. The largest absolute Gasteiger partial charge is 0.506 e. The van der Waals surface area contributed by atoms with Crippen LogP contribution in [-0.2, 0) is 0 Å². The number of benzene rings is 3. The Morgan fingerprint density at radius 3 is 2.19 bits per heavy atom. The molecule has 3 aromatic carbocycles. The molecule has 0 bridgehead atoms. The molecule has 0 aromatic heterocycles. The average molecular weight is 299 g/mol. The normalized spacial score (nSPS) is 10.7. The van der Waals surface area contributed by atoms with E-state index in [4.69, 9.17) is 11.6 Å². The molecule has 0 saturated heterocycles. The van der Waals surface area contributed by atoms with Crippen molar-refractivity contribution in [3.8, 4) is 16.9 Å². The number of carbonyl (C=O) groups is 1. The zero-order valence-electron chi connectivity index (χ0n) is 10.9. The molecular weight excluding hydrogens is 288 g/mol. The summed E-state index contributed by atoms with van der Waals surface area (Å²) >= 11 is 6.22. The van der Waals surface area contributed by atoms with Crippen molar-refractivity contribution in [2.45, 2.75) is 0 Å². The fourth-order valence-corrected chi connectivity index (χ4v) is 2.66. The monoisotopic (exact) mass is 298 g/mol. The zero-order chi connectivity index (χ0) is 15.0. The summed E-state index contributed by atoms with van der Waals surface area (Å²) in [6.07, 6.45) is 0. The molecule has 0 amide bonds. The topological polar surface area (TPSA) is 57.5 Å². The zero-order valence-corrected chi connectivity index (χ0v) is 11.6. The van der Waals surface area contributed by atoms with Crippen LogP contribution in [0.25, 0.3) is 21.9 Å². The first kappa shape index (κ1) is 13.5. The Hall–Kier alpha value is -2.52. The van der Waals surface area contributed by atoms with Crippen molar-refractivity contribution in [1.29, 1.82) is 0 Å². The van der Waals surface area contributed by atoms with Gasteiger partial charge in [-0.3, -0.25) is 0 Å². The van der Waals surface area contributed by atoms with E-state index in [9.17, 15) is 15.0 Å². The third kappa shape index (κ3) is 2.22. The molecule has 0 fully saturated rings. The van der Waals surface area contributed by atoms with E-state index in [0.717, 1.165) is 10.9 Å². The molecule has 2 N–H and O–H groups in total. The summed E-state index contributed by atoms with van der Waals surface area (Å²) in [5.41, 5.74) is 1.29. The third-order valence-corrected chi connectivity index (χ3v) is 3.74. The van der Waals surface area contributed by atoms with Crippen LogP contribution in [0, 0.1) is 0 Å². The highest BCUT2D eigenvalue weighted by Gasteiger charge is 2.17. The van der Waals surface area contributed by atoms with Gasteiger partial charge in [-0.25, -0.2) is 4.79 Å². The van der Waals surface area contributed by atoms with E-state index in [0.29, 0.717) is 16.0 Å². The van der Waals surface area contributed by atoms with Gasteiger partial charge in [0, 0.05) is 16.0 Å². The Morgan fingerprint density at radius 1 is 0.905 bits per heavy atom. The van der Waals surface area contributed by atoms with Gasteiger partial charge in [0.1, 0.15) is 11.3 Å². The Bertz CT molecular complexity index is 856. The number of aromatic carboxylic acids is 1. The minimum atomic E-state index is -1.17. The number of phenols is 1. The standard InChI is InChI=1S/C17H11ClO3/c18-15-8-4-3-6-11(15)13-9-14(17(20)21)16(19)12-7-2-1-5-10(12)13/h1-9,19H,(H,20,21). The van der Waals surface area contributed by atoms with Gasteiger partial charge >= 0.3 is 5.97 Å². The fraction of sp³-hybridized carbons (Fsp3) is 0. The number of halogens is 1. The van der Waals surface area contributed by atoms with Crippen molar-refractivity contribution in [2.24, 2.45) is 0 Å². The SMILES string of the molecule is O=C(O)c1cc(-c2ccccc2Cl)c2ccccc2c1O. The summed E-state index contributed by atoms with van der Waals surface area (Å²) in [6, 6.07) is 15.8. The molecule has 0 saturated carbocycles. The number of carboxylic acid groups (broad SMARTS) is 1. The molecule has 0 unspecified atom stereocenters. The minimum absolute atomic E-state index is 0.136. The Labute approximate surface area is 126 Å². The lowest BCUT2D eigenvalue weighted by Crippen LogP contribution is -1.98. The molecule has 0 aliphatic heterocycles.